The van der Waals surface area contributed by atoms with Gasteiger partial charge in [0.1, 0.15) is 5.57 Å². The van der Waals surface area contributed by atoms with Crippen LogP contribution in [0.25, 0.3) is 16.7 Å². The molecule has 1 amide bonds. The number of benzene rings is 2. The molecule has 1 spiro atoms. The smallest absolute Gasteiger partial charge is 0.343 e. The average Bonchev–Trinajstić information content (AvgIpc) is 3.08. The number of sulfone groups is 1. The minimum atomic E-state index is -3.65. The van der Waals surface area contributed by atoms with Crippen LogP contribution in [0.3, 0.4) is 0 Å². The molecule has 0 bridgehead atoms. The molecular formula is C26H29ClN2O8S2. The third-order valence-electron chi connectivity index (χ3n) is 7.06. The van der Waals surface area contributed by atoms with Crippen molar-refractivity contribution >= 4 is 48.9 Å². The van der Waals surface area contributed by atoms with Crippen molar-refractivity contribution in [1.82, 2.24) is 4.90 Å². The van der Waals surface area contributed by atoms with Crippen molar-refractivity contribution in [3.05, 3.63) is 58.3 Å². The summed E-state index contributed by atoms with van der Waals surface area (Å²) < 4.78 is 51.9. The summed E-state index contributed by atoms with van der Waals surface area (Å²) in [6.45, 7) is 2.18. The summed E-state index contributed by atoms with van der Waals surface area (Å²) in [6, 6.07) is 9.64. The van der Waals surface area contributed by atoms with Crippen molar-refractivity contribution in [2.45, 2.75) is 43.1 Å². The summed E-state index contributed by atoms with van der Waals surface area (Å²) in [5.74, 6) is -1.45. The Morgan fingerprint density at radius 1 is 1.13 bits per heavy atom. The number of aryl methyl sites for hydroxylation is 1. The number of nitrogens with zero attached hydrogens (tertiary/aromatic N) is 1. The summed E-state index contributed by atoms with van der Waals surface area (Å²) in [4.78, 5) is 27.2. The van der Waals surface area contributed by atoms with Gasteiger partial charge in [0.05, 0.1) is 10.6 Å². The zero-order chi connectivity index (χ0) is 28.8. The molecule has 2 aromatic carbocycles. The number of primary sulfonamides is 1. The minimum absolute atomic E-state index is 0.00114. The second-order valence-corrected chi connectivity index (χ2v) is 14.1. The fraction of sp³-hybridized carbons (Fsp3) is 0.385. The van der Waals surface area contributed by atoms with Gasteiger partial charge in [0.15, 0.2) is 21.2 Å². The fourth-order valence-corrected chi connectivity index (χ4v) is 6.43. The van der Waals surface area contributed by atoms with Crippen LogP contribution in [0.5, 0.6) is 0 Å². The summed E-state index contributed by atoms with van der Waals surface area (Å²) in [6.07, 6.45) is 1.61. The molecular weight excluding hydrogens is 568 g/mol. The lowest BCUT2D eigenvalue weighted by molar-refractivity contribution is -0.152. The first-order valence-corrected chi connectivity index (χ1v) is 16.2. The Morgan fingerprint density at radius 2 is 1.79 bits per heavy atom. The van der Waals surface area contributed by atoms with Crippen molar-refractivity contribution < 1.29 is 36.3 Å². The third kappa shape index (κ3) is 6.13. The number of amides is 1. The maximum absolute atomic E-state index is 13.0. The normalized spacial score (nSPS) is 17.5. The maximum Gasteiger partial charge on any atom is 0.343 e. The van der Waals surface area contributed by atoms with Crippen molar-refractivity contribution in [2.24, 2.45) is 5.14 Å². The molecule has 0 saturated carbocycles. The van der Waals surface area contributed by atoms with Gasteiger partial charge in [0.25, 0.3) is 0 Å². The molecule has 0 radical (unpaired) electrons. The molecule has 0 aromatic heterocycles. The number of halogens is 1. The van der Waals surface area contributed by atoms with E-state index in [4.69, 9.17) is 21.5 Å². The van der Waals surface area contributed by atoms with Crippen LogP contribution in [-0.2, 0) is 34.2 Å². The van der Waals surface area contributed by atoms with Crippen molar-refractivity contribution in [3.63, 3.8) is 0 Å². The lowest BCUT2D eigenvalue weighted by Crippen LogP contribution is -2.48. The summed E-state index contributed by atoms with van der Waals surface area (Å²) >= 11 is 6.58. The molecule has 0 aliphatic carbocycles. The molecule has 2 aromatic rings. The summed E-state index contributed by atoms with van der Waals surface area (Å²) in [5, 5.41) is 16.5. The maximum atomic E-state index is 13.0. The van der Waals surface area contributed by atoms with Gasteiger partial charge >= 0.3 is 5.97 Å². The highest BCUT2D eigenvalue weighted by molar-refractivity contribution is 7.90. The number of ether oxygens (including phenoxy) is 1. The highest BCUT2D eigenvalue weighted by Crippen LogP contribution is 2.45. The monoisotopic (exact) mass is 596 g/mol. The number of esters is 1. The van der Waals surface area contributed by atoms with Gasteiger partial charge < -0.3 is 14.7 Å². The van der Waals surface area contributed by atoms with Gasteiger partial charge in [-0.3, -0.25) is 4.79 Å². The van der Waals surface area contributed by atoms with E-state index >= 15 is 0 Å². The predicted molar refractivity (Wildman–Crippen MR) is 146 cm³/mol. The second-order valence-electron chi connectivity index (χ2n) is 9.91. The van der Waals surface area contributed by atoms with Crippen LogP contribution in [0.15, 0.2) is 47.1 Å². The first-order valence-electron chi connectivity index (χ1n) is 12.2. The van der Waals surface area contributed by atoms with Gasteiger partial charge in [0, 0.05) is 49.2 Å². The van der Waals surface area contributed by atoms with Gasteiger partial charge in [0.2, 0.25) is 15.9 Å². The summed E-state index contributed by atoms with van der Waals surface area (Å²) in [5.41, 5.74) is 0.895. The number of nitrogens with two attached hydrogens (primary N) is 1. The number of carbonyl (C=O) groups excluding carboxylic acids is 2. The van der Waals surface area contributed by atoms with E-state index < -0.39 is 31.4 Å². The number of hydrogen-bond acceptors (Lipinski definition) is 8. The van der Waals surface area contributed by atoms with Gasteiger partial charge in [-0.15, -0.1) is 0 Å². The van der Waals surface area contributed by atoms with Crippen LogP contribution in [0, 0.1) is 6.92 Å². The van der Waals surface area contributed by atoms with Crippen LogP contribution in [0.2, 0.25) is 5.02 Å². The highest BCUT2D eigenvalue weighted by Gasteiger charge is 2.51. The number of sulfonamides is 1. The Labute approximate surface area is 232 Å². The van der Waals surface area contributed by atoms with E-state index in [0.717, 1.165) is 6.26 Å². The van der Waals surface area contributed by atoms with Gasteiger partial charge in [-0.05, 0) is 54.3 Å². The first-order chi connectivity index (χ1) is 18.1. The number of piperidine rings is 1. The van der Waals surface area contributed by atoms with Crippen molar-refractivity contribution in [3.8, 4) is 11.1 Å². The average molecular weight is 597 g/mol. The third-order valence-corrected chi connectivity index (χ3v) is 9.34. The van der Waals surface area contributed by atoms with Gasteiger partial charge in [-0.25, -0.2) is 26.8 Å². The number of carbonyl (C=O) groups is 2. The molecule has 3 N–H and O–H groups in total. The molecule has 1 fully saturated rings. The fourth-order valence-electron chi connectivity index (χ4n) is 4.94. The largest absolute Gasteiger partial charge is 0.507 e. The molecule has 39 heavy (non-hydrogen) atoms. The van der Waals surface area contributed by atoms with E-state index in [9.17, 15) is 31.5 Å². The molecule has 2 aliphatic heterocycles. The molecule has 0 unspecified atom stereocenters. The lowest BCUT2D eigenvalue weighted by atomic mass is 9.86. The Balaban J connectivity index is 1.57. The molecule has 0 atom stereocenters. The van der Waals surface area contributed by atoms with Crippen LogP contribution < -0.4 is 5.14 Å². The van der Waals surface area contributed by atoms with Gasteiger partial charge in [-0.2, -0.15) is 0 Å². The predicted octanol–water partition coefficient (Wildman–Crippen LogP) is 2.97. The van der Waals surface area contributed by atoms with E-state index in [0.29, 0.717) is 22.3 Å². The number of aliphatic hydroxyl groups excluding tert-OH is 1. The lowest BCUT2D eigenvalue weighted by Gasteiger charge is -2.38. The molecule has 10 nitrogen and oxygen atoms in total. The molecule has 1 saturated heterocycles. The van der Waals surface area contributed by atoms with Gasteiger partial charge in [-0.1, -0.05) is 23.7 Å². The summed E-state index contributed by atoms with van der Waals surface area (Å²) in [7, 11) is -7.08. The number of hydrogen-bond donors (Lipinski definition) is 2. The van der Waals surface area contributed by atoms with E-state index in [1.165, 1.54) is 12.1 Å². The van der Waals surface area contributed by atoms with E-state index in [2.05, 4.69) is 0 Å². The van der Waals surface area contributed by atoms with Crippen LogP contribution in [-0.4, -0.2) is 69.4 Å². The van der Waals surface area contributed by atoms with Crippen molar-refractivity contribution in [1.29, 1.82) is 0 Å². The quantitative estimate of drug-likeness (QED) is 0.461. The molecule has 13 heteroatoms. The number of likely N-dealkylation sites (tertiary alicyclic amines) is 1. The second kappa shape index (κ2) is 10.6. The number of rotatable bonds is 7. The number of aliphatic hydroxyl groups is 1. The Hall–Kier alpha value is -2.93. The molecule has 4 rings (SSSR count). The zero-order valence-corrected chi connectivity index (χ0v) is 23.8. The minimum Gasteiger partial charge on any atom is -0.507 e. The Kier molecular flexibility index (Phi) is 7.87. The Morgan fingerprint density at radius 3 is 2.41 bits per heavy atom. The molecule has 2 heterocycles. The van der Waals surface area contributed by atoms with E-state index in [1.807, 2.05) is 0 Å². The van der Waals surface area contributed by atoms with Crippen LogP contribution in [0.1, 0.15) is 36.8 Å². The van der Waals surface area contributed by atoms with Crippen LogP contribution in [0.4, 0.5) is 0 Å². The topological polar surface area (TPSA) is 161 Å². The first kappa shape index (κ1) is 29.1. The Bertz CT molecular complexity index is 1590. The van der Waals surface area contributed by atoms with E-state index in [1.54, 1.807) is 36.1 Å². The SMILES string of the molecule is Cc1cc(-c2cccc(S(C)(=O)=O)c2)c(Cl)cc1C1=C(O)C2(CCN(C(=O)CCCS(N)(=O)=O)CC2)OC1=O. The highest BCUT2D eigenvalue weighted by atomic mass is 35.5. The standard InChI is InChI=1S/C26H29ClN2O8S2/c1-16-13-20(17-5-3-6-18(14-17)38(2,33)34)21(27)15-19(16)23-24(31)26(37-25(23)32)8-10-29(11-9-26)22(30)7-4-12-39(28,35)36/h3,5-6,13-15,31H,4,7-12H2,1-2H3,(H2,28,35,36). The molecule has 2 aliphatic rings. The van der Waals surface area contributed by atoms with Crippen molar-refractivity contribution in [2.75, 3.05) is 25.1 Å². The zero-order valence-electron chi connectivity index (χ0n) is 21.4. The van der Waals surface area contributed by atoms with E-state index in [-0.39, 0.29) is 71.7 Å². The molecule has 210 valence electrons. The van der Waals surface area contributed by atoms with Crippen LogP contribution >= 0.6 is 11.6 Å².